The maximum Gasteiger partial charge on any atom is 0.276 e. The van der Waals surface area contributed by atoms with Gasteiger partial charge in [0.1, 0.15) is 0 Å². The van der Waals surface area contributed by atoms with Gasteiger partial charge < -0.3 is 5.32 Å². The smallest absolute Gasteiger partial charge is 0.276 e. The molecule has 166 valence electrons. The van der Waals surface area contributed by atoms with Crippen LogP contribution in [0.3, 0.4) is 0 Å². The lowest BCUT2D eigenvalue weighted by Crippen LogP contribution is -2.32. The Balaban J connectivity index is 1.30. The van der Waals surface area contributed by atoms with E-state index in [1.807, 2.05) is 23.9 Å². The molecule has 5 rings (SSSR count). The van der Waals surface area contributed by atoms with Gasteiger partial charge in [-0.25, -0.2) is 0 Å². The predicted molar refractivity (Wildman–Crippen MR) is 131 cm³/mol. The van der Waals surface area contributed by atoms with Crippen LogP contribution in [0.2, 0.25) is 0 Å². The van der Waals surface area contributed by atoms with Crippen molar-refractivity contribution in [2.24, 2.45) is 13.0 Å². The number of hydrogen-bond donors (Lipinski definition) is 1. The minimum atomic E-state index is -0.142. The fourth-order valence-electron chi connectivity index (χ4n) is 4.69. The molecule has 32 heavy (non-hydrogen) atoms. The Morgan fingerprint density at radius 2 is 1.91 bits per heavy atom. The number of likely N-dealkylation sites (tertiary alicyclic amines) is 1. The highest BCUT2D eigenvalue weighted by Gasteiger charge is 2.28. The highest BCUT2D eigenvalue weighted by Crippen LogP contribution is 2.43. The van der Waals surface area contributed by atoms with E-state index < -0.39 is 0 Å². The van der Waals surface area contributed by atoms with E-state index in [0.29, 0.717) is 5.69 Å². The number of hydrogen-bond acceptors (Lipinski definition) is 4. The number of rotatable bonds is 4. The van der Waals surface area contributed by atoms with Crippen LogP contribution in [-0.4, -0.2) is 33.7 Å². The van der Waals surface area contributed by atoms with Gasteiger partial charge in [0, 0.05) is 41.1 Å². The van der Waals surface area contributed by atoms with Crippen molar-refractivity contribution in [1.82, 2.24) is 14.7 Å². The Kier molecular flexibility index (Phi) is 5.82. The molecular formula is C26H30N4OS. The molecule has 3 heterocycles. The van der Waals surface area contributed by atoms with Crippen LogP contribution in [0.15, 0.2) is 47.4 Å². The van der Waals surface area contributed by atoms with Crippen molar-refractivity contribution in [3.8, 4) is 11.3 Å². The first-order valence-electron chi connectivity index (χ1n) is 11.4. The molecule has 0 radical (unpaired) electrons. The van der Waals surface area contributed by atoms with E-state index in [4.69, 9.17) is 0 Å². The number of benzene rings is 2. The second-order valence-electron chi connectivity index (χ2n) is 9.20. The summed E-state index contributed by atoms with van der Waals surface area (Å²) in [6.07, 6.45) is 2.57. The highest BCUT2D eigenvalue weighted by molar-refractivity contribution is 7.98. The van der Waals surface area contributed by atoms with Crippen LogP contribution in [0.4, 0.5) is 5.69 Å². The zero-order valence-electron chi connectivity index (χ0n) is 19.0. The van der Waals surface area contributed by atoms with Gasteiger partial charge in [0.25, 0.3) is 5.91 Å². The summed E-state index contributed by atoms with van der Waals surface area (Å²) in [5.41, 5.74) is 7.07. The number of piperidine rings is 1. The Hall–Kier alpha value is -2.57. The Bertz CT molecular complexity index is 1140. The van der Waals surface area contributed by atoms with Crippen molar-refractivity contribution in [2.75, 3.05) is 18.4 Å². The molecule has 0 atom stereocenters. The van der Waals surface area contributed by atoms with Gasteiger partial charge in [-0.2, -0.15) is 5.10 Å². The third-order valence-electron chi connectivity index (χ3n) is 6.62. The Morgan fingerprint density at radius 1 is 1.16 bits per heavy atom. The van der Waals surface area contributed by atoms with Gasteiger partial charge in [0.2, 0.25) is 0 Å². The number of amides is 1. The molecule has 0 saturated carbocycles. The molecule has 2 aliphatic heterocycles. The average Bonchev–Trinajstić information content (AvgIpc) is 3.14. The van der Waals surface area contributed by atoms with Crippen LogP contribution in [0.1, 0.15) is 46.9 Å². The molecule has 1 amide bonds. The van der Waals surface area contributed by atoms with Crippen molar-refractivity contribution in [3.63, 3.8) is 0 Å². The van der Waals surface area contributed by atoms with E-state index in [9.17, 15) is 4.79 Å². The zero-order valence-corrected chi connectivity index (χ0v) is 19.8. The maximum absolute atomic E-state index is 13.1. The number of thioether (sulfide) groups is 1. The lowest BCUT2D eigenvalue weighted by atomic mass is 9.99. The summed E-state index contributed by atoms with van der Waals surface area (Å²) in [4.78, 5) is 16.9. The van der Waals surface area contributed by atoms with Crippen molar-refractivity contribution >= 4 is 23.4 Å². The van der Waals surface area contributed by atoms with Gasteiger partial charge in [-0.3, -0.25) is 14.4 Å². The normalized spacial score (nSPS) is 16.5. The van der Waals surface area contributed by atoms with Crippen LogP contribution < -0.4 is 5.32 Å². The molecular weight excluding hydrogens is 416 g/mol. The monoisotopic (exact) mass is 446 g/mol. The first kappa shape index (κ1) is 21.3. The highest BCUT2D eigenvalue weighted by atomic mass is 32.2. The molecule has 5 nitrogen and oxygen atoms in total. The van der Waals surface area contributed by atoms with E-state index in [1.54, 1.807) is 11.8 Å². The number of carbonyl (C=O) groups excluding carboxylic acids is 1. The average molecular weight is 447 g/mol. The van der Waals surface area contributed by atoms with Crippen molar-refractivity contribution in [2.45, 2.75) is 43.9 Å². The standard InChI is InChI=1S/C26H30N4OS/c1-17-10-12-30(13-11-17)15-19-5-7-20(8-6-19)27-26(31)24-22-16-32-23-9-4-18(2)14-21(23)25(22)29(3)28-24/h4-9,14,17H,10-13,15-16H2,1-3H3,(H,27,31). The lowest BCUT2D eigenvalue weighted by molar-refractivity contribution is 0.102. The van der Waals surface area contributed by atoms with Gasteiger partial charge >= 0.3 is 0 Å². The summed E-state index contributed by atoms with van der Waals surface area (Å²) in [5.74, 6) is 1.46. The second kappa shape index (κ2) is 8.75. The largest absolute Gasteiger partial charge is 0.321 e. The Labute approximate surface area is 194 Å². The first-order valence-corrected chi connectivity index (χ1v) is 12.4. The summed E-state index contributed by atoms with van der Waals surface area (Å²) in [6, 6.07) is 14.7. The molecule has 1 saturated heterocycles. The third-order valence-corrected chi connectivity index (χ3v) is 7.72. The van der Waals surface area contributed by atoms with Crippen molar-refractivity contribution in [1.29, 1.82) is 0 Å². The quantitative estimate of drug-likeness (QED) is 0.576. The maximum atomic E-state index is 13.1. The molecule has 0 unspecified atom stereocenters. The minimum Gasteiger partial charge on any atom is -0.321 e. The Morgan fingerprint density at radius 3 is 2.66 bits per heavy atom. The van der Waals surface area contributed by atoms with Gasteiger partial charge in [-0.1, -0.05) is 30.7 Å². The van der Waals surface area contributed by atoms with Gasteiger partial charge in [0.15, 0.2) is 5.69 Å². The van der Waals surface area contributed by atoms with Crippen LogP contribution in [0, 0.1) is 12.8 Å². The summed E-state index contributed by atoms with van der Waals surface area (Å²) < 4.78 is 1.85. The molecule has 1 N–H and O–H groups in total. The number of nitrogens with zero attached hydrogens (tertiary/aromatic N) is 3. The minimum absolute atomic E-state index is 0.142. The molecule has 0 aliphatic carbocycles. The number of anilines is 1. The SMILES string of the molecule is Cc1ccc2c(c1)-c1c(c(C(=O)Nc3ccc(CN4CCC(C)CC4)cc3)nn1C)CS2. The van der Waals surface area contributed by atoms with Gasteiger partial charge in [-0.15, -0.1) is 11.8 Å². The first-order chi connectivity index (χ1) is 15.5. The number of carbonyl (C=O) groups is 1. The third kappa shape index (κ3) is 4.21. The lowest BCUT2D eigenvalue weighted by Gasteiger charge is -2.30. The molecule has 2 aromatic carbocycles. The molecule has 1 fully saturated rings. The van der Waals surface area contributed by atoms with Gasteiger partial charge in [0.05, 0.1) is 5.69 Å². The van der Waals surface area contributed by atoms with E-state index in [-0.39, 0.29) is 5.91 Å². The fraction of sp³-hybridized carbons (Fsp3) is 0.385. The van der Waals surface area contributed by atoms with Gasteiger partial charge in [-0.05, 0) is 68.6 Å². The van der Waals surface area contributed by atoms with Crippen LogP contribution in [0.25, 0.3) is 11.3 Å². The molecule has 0 spiro atoms. The summed E-state index contributed by atoms with van der Waals surface area (Å²) in [7, 11) is 1.92. The van der Waals surface area contributed by atoms with E-state index in [0.717, 1.165) is 35.2 Å². The summed E-state index contributed by atoms with van der Waals surface area (Å²) in [6.45, 7) is 7.76. The molecule has 2 aliphatic rings. The van der Waals surface area contributed by atoms with Crippen LogP contribution >= 0.6 is 11.8 Å². The van der Waals surface area contributed by atoms with E-state index >= 15 is 0 Å². The fourth-order valence-corrected chi connectivity index (χ4v) is 5.74. The zero-order chi connectivity index (χ0) is 22.2. The second-order valence-corrected chi connectivity index (χ2v) is 10.2. The number of aromatic nitrogens is 2. The van der Waals surface area contributed by atoms with Crippen molar-refractivity contribution in [3.05, 3.63) is 64.8 Å². The van der Waals surface area contributed by atoms with Crippen LogP contribution in [-0.2, 0) is 19.3 Å². The van der Waals surface area contributed by atoms with Crippen LogP contribution in [0.5, 0.6) is 0 Å². The number of nitrogens with one attached hydrogen (secondary N) is 1. The molecule has 6 heteroatoms. The number of aryl methyl sites for hydroxylation is 2. The summed E-state index contributed by atoms with van der Waals surface area (Å²) in [5, 5.41) is 7.66. The molecule has 3 aromatic rings. The topological polar surface area (TPSA) is 50.2 Å². The summed E-state index contributed by atoms with van der Waals surface area (Å²) >= 11 is 1.77. The van der Waals surface area contributed by atoms with E-state index in [1.165, 1.54) is 47.5 Å². The van der Waals surface area contributed by atoms with E-state index in [2.05, 4.69) is 59.5 Å². The molecule has 0 bridgehead atoms. The van der Waals surface area contributed by atoms with Crippen molar-refractivity contribution < 1.29 is 4.79 Å². The number of fused-ring (bicyclic) bond motifs is 3. The molecule has 1 aromatic heterocycles. The predicted octanol–water partition coefficient (Wildman–Crippen LogP) is 5.49.